The van der Waals surface area contributed by atoms with E-state index < -0.39 is 6.10 Å². The van der Waals surface area contributed by atoms with Gasteiger partial charge < -0.3 is 5.11 Å². The molecule has 0 saturated heterocycles. The standard InChI is InChI=1S/C6H9N3O.ClH/c10-5(4-1-2-4)6-7-3-8-9-6;/h3-5,10H,1-2H2,(H,7,8,9);1H. The number of hydrogen-bond acceptors (Lipinski definition) is 3. The smallest absolute Gasteiger partial charge is 0.153 e. The Bertz CT molecular complexity index is 210. The van der Waals surface area contributed by atoms with Crippen molar-refractivity contribution in [2.24, 2.45) is 5.92 Å². The van der Waals surface area contributed by atoms with Crippen LogP contribution < -0.4 is 0 Å². The van der Waals surface area contributed by atoms with Crippen LogP contribution in [-0.4, -0.2) is 20.3 Å². The van der Waals surface area contributed by atoms with Gasteiger partial charge in [0.25, 0.3) is 0 Å². The Balaban J connectivity index is 0.000000605. The van der Waals surface area contributed by atoms with Gasteiger partial charge in [-0.25, -0.2) is 4.98 Å². The summed E-state index contributed by atoms with van der Waals surface area (Å²) in [5.74, 6) is 1.02. The Morgan fingerprint density at radius 3 is 2.82 bits per heavy atom. The largest absolute Gasteiger partial charge is 0.385 e. The molecule has 5 heteroatoms. The highest BCUT2D eigenvalue weighted by Crippen LogP contribution is 2.39. The topological polar surface area (TPSA) is 61.8 Å². The van der Waals surface area contributed by atoms with E-state index in [2.05, 4.69) is 15.2 Å². The Kier molecular flexibility index (Phi) is 2.46. The van der Waals surface area contributed by atoms with Gasteiger partial charge in [0.05, 0.1) is 0 Å². The van der Waals surface area contributed by atoms with E-state index in [1.54, 1.807) is 0 Å². The lowest BCUT2D eigenvalue weighted by Gasteiger charge is -2.01. The van der Waals surface area contributed by atoms with Gasteiger partial charge in [0.1, 0.15) is 12.4 Å². The Morgan fingerprint density at radius 1 is 1.64 bits per heavy atom. The molecule has 1 aromatic heterocycles. The summed E-state index contributed by atoms with van der Waals surface area (Å²) in [6, 6.07) is 0. The molecule has 0 radical (unpaired) electrons. The van der Waals surface area contributed by atoms with Gasteiger partial charge >= 0.3 is 0 Å². The van der Waals surface area contributed by atoms with E-state index in [4.69, 9.17) is 0 Å². The number of H-pyrrole nitrogens is 1. The van der Waals surface area contributed by atoms with Crippen molar-refractivity contribution in [3.05, 3.63) is 12.2 Å². The number of halogens is 1. The van der Waals surface area contributed by atoms with E-state index in [1.165, 1.54) is 6.33 Å². The summed E-state index contributed by atoms with van der Waals surface area (Å²) in [5.41, 5.74) is 0. The zero-order valence-corrected chi connectivity index (χ0v) is 6.71. The molecule has 1 unspecified atom stereocenters. The van der Waals surface area contributed by atoms with Crippen LogP contribution in [0.4, 0.5) is 0 Å². The van der Waals surface area contributed by atoms with Crippen LogP contribution in [0, 0.1) is 5.92 Å². The second-order valence-electron chi connectivity index (χ2n) is 2.65. The molecule has 1 aromatic rings. The number of hydrogen-bond donors (Lipinski definition) is 2. The fourth-order valence-electron chi connectivity index (χ4n) is 0.993. The average Bonchev–Trinajstić information content (AvgIpc) is 2.65. The summed E-state index contributed by atoms with van der Waals surface area (Å²) in [6.45, 7) is 0. The van der Waals surface area contributed by atoms with E-state index in [1.807, 2.05) is 0 Å². The predicted octanol–water partition coefficient (Wildman–Crippen LogP) is 0.670. The molecule has 1 aliphatic carbocycles. The van der Waals surface area contributed by atoms with Crippen LogP contribution in [0.5, 0.6) is 0 Å². The molecule has 0 spiro atoms. The van der Waals surface area contributed by atoms with Crippen molar-refractivity contribution in [1.82, 2.24) is 15.2 Å². The third kappa shape index (κ3) is 1.70. The van der Waals surface area contributed by atoms with Crippen molar-refractivity contribution in [3.63, 3.8) is 0 Å². The van der Waals surface area contributed by atoms with E-state index in [0.717, 1.165) is 12.8 Å². The molecule has 1 atom stereocenters. The Morgan fingerprint density at radius 2 is 2.36 bits per heavy atom. The zero-order valence-electron chi connectivity index (χ0n) is 5.90. The lowest BCUT2D eigenvalue weighted by molar-refractivity contribution is 0.144. The Hall–Kier alpha value is -0.610. The lowest BCUT2D eigenvalue weighted by atomic mass is 10.2. The second kappa shape index (κ2) is 3.19. The van der Waals surface area contributed by atoms with Gasteiger partial charge in [-0.1, -0.05) is 0 Å². The molecule has 4 nitrogen and oxygen atoms in total. The summed E-state index contributed by atoms with van der Waals surface area (Å²) in [5, 5.41) is 15.7. The lowest BCUT2D eigenvalue weighted by Crippen LogP contribution is -2.01. The van der Waals surface area contributed by atoms with Crippen LogP contribution >= 0.6 is 12.4 Å². The Labute approximate surface area is 70.4 Å². The first-order valence-corrected chi connectivity index (χ1v) is 3.41. The van der Waals surface area contributed by atoms with E-state index in [0.29, 0.717) is 11.7 Å². The third-order valence-electron chi connectivity index (χ3n) is 1.78. The second-order valence-corrected chi connectivity index (χ2v) is 2.65. The summed E-state index contributed by atoms with van der Waals surface area (Å²) in [6.07, 6.45) is 3.23. The summed E-state index contributed by atoms with van der Waals surface area (Å²) in [4.78, 5) is 3.86. The number of aliphatic hydroxyl groups excluding tert-OH is 1. The molecule has 1 saturated carbocycles. The van der Waals surface area contributed by atoms with Crippen molar-refractivity contribution in [2.45, 2.75) is 18.9 Å². The van der Waals surface area contributed by atoms with Crippen LogP contribution in [0.25, 0.3) is 0 Å². The zero-order chi connectivity index (χ0) is 6.97. The number of nitrogens with one attached hydrogen (secondary N) is 1. The first kappa shape index (κ1) is 8.49. The highest BCUT2D eigenvalue weighted by atomic mass is 35.5. The molecule has 1 heterocycles. The first-order valence-electron chi connectivity index (χ1n) is 3.41. The van der Waals surface area contributed by atoms with Gasteiger partial charge in [0, 0.05) is 0 Å². The summed E-state index contributed by atoms with van der Waals surface area (Å²) in [7, 11) is 0. The highest BCUT2D eigenvalue weighted by molar-refractivity contribution is 5.85. The van der Waals surface area contributed by atoms with Crippen molar-refractivity contribution in [3.8, 4) is 0 Å². The highest BCUT2D eigenvalue weighted by Gasteiger charge is 2.32. The number of rotatable bonds is 2. The molecule has 2 rings (SSSR count). The van der Waals surface area contributed by atoms with Crippen LogP contribution in [-0.2, 0) is 0 Å². The van der Waals surface area contributed by atoms with Crippen molar-refractivity contribution in [1.29, 1.82) is 0 Å². The minimum absolute atomic E-state index is 0. The van der Waals surface area contributed by atoms with Crippen LogP contribution in [0.3, 0.4) is 0 Å². The minimum atomic E-state index is -0.414. The monoisotopic (exact) mass is 175 g/mol. The third-order valence-corrected chi connectivity index (χ3v) is 1.78. The minimum Gasteiger partial charge on any atom is -0.385 e. The van der Waals surface area contributed by atoms with E-state index in [9.17, 15) is 5.11 Å². The van der Waals surface area contributed by atoms with Gasteiger partial charge in [0.15, 0.2) is 5.82 Å². The molecule has 0 aromatic carbocycles. The molecular weight excluding hydrogens is 166 g/mol. The maximum absolute atomic E-state index is 9.42. The molecule has 2 N–H and O–H groups in total. The van der Waals surface area contributed by atoms with Crippen molar-refractivity contribution >= 4 is 12.4 Å². The van der Waals surface area contributed by atoms with Gasteiger partial charge in [-0.3, -0.25) is 5.10 Å². The van der Waals surface area contributed by atoms with E-state index in [-0.39, 0.29) is 12.4 Å². The fraction of sp³-hybridized carbons (Fsp3) is 0.667. The van der Waals surface area contributed by atoms with Crippen LogP contribution in [0.15, 0.2) is 6.33 Å². The number of aromatic amines is 1. The molecule has 0 amide bonds. The normalized spacial score (nSPS) is 19.0. The van der Waals surface area contributed by atoms with Gasteiger partial charge in [0.2, 0.25) is 0 Å². The predicted molar refractivity (Wildman–Crippen MR) is 41.3 cm³/mol. The van der Waals surface area contributed by atoms with Crippen molar-refractivity contribution in [2.75, 3.05) is 0 Å². The summed E-state index contributed by atoms with van der Waals surface area (Å²) < 4.78 is 0. The quantitative estimate of drug-likeness (QED) is 0.695. The fourth-order valence-corrected chi connectivity index (χ4v) is 0.993. The first-order chi connectivity index (χ1) is 4.88. The van der Waals surface area contributed by atoms with Crippen molar-refractivity contribution < 1.29 is 5.11 Å². The average molecular weight is 176 g/mol. The number of nitrogens with zero attached hydrogens (tertiary/aromatic N) is 2. The molecule has 0 aliphatic heterocycles. The number of aromatic nitrogens is 3. The van der Waals surface area contributed by atoms with E-state index >= 15 is 0 Å². The SMILES string of the molecule is Cl.OC(c1ncn[nH]1)C1CC1. The molecular formula is C6H10ClN3O. The maximum Gasteiger partial charge on any atom is 0.153 e. The molecule has 62 valence electrons. The van der Waals surface area contributed by atoms with Crippen LogP contribution in [0.2, 0.25) is 0 Å². The van der Waals surface area contributed by atoms with Crippen LogP contribution in [0.1, 0.15) is 24.8 Å². The number of aliphatic hydroxyl groups is 1. The molecule has 0 bridgehead atoms. The molecule has 1 aliphatic rings. The summed E-state index contributed by atoms with van der Waals surface area (Å²) >= 11 is 0. The molecule has 11 heavy (non-hydrogen) atoms. The van der Waals surface area contributed by atoms with Gasteiger partial charge in [-0.2, -0.15) is 5.10 Å². The maximum atomic E-state index is 9.42. The van der Waals surface area contributed by atoms with Gasteiger partial charge in [-0.15, -0.1) is 12.4 Å². The van der Waals surface area contributed by atoms with Gasteiger partial charge in [-0.05, 0) is 18.8 Å². The molecule has 1 fully saturated rings.